The molecule has 0 spiro atoms. The lowest BCUT2D eigenvalue weighted by atomic mass is 10.2. The highest BCUT2D eigenvalue weighted by Gasteiger charge is 2.30. The van der Waals surface area contributed by atoms with Crippen molar-refractivity contribution in [3.63, 3.8) is 0 Å². The van der Waals surface area contributed by atoms with Gasteiger partial charge in [-0.05, 0) is 73.6 Å². The van der Waals surface area contributed by atoms with E-state index in [0.29, 0.717) is 59.2 Å². The van der Waals surface area contributed by atoms with Crippen LogP contribution in [0.15, 0.2) is 52.4 Å². The molecule has 3 rings (SSSR count). The third-order valence-electron chi connectivity index (χ3n) is 4.55. The predicted molar refractivity (Wildman–Crippen MR) is 130 cm³/mol. The maximum absolute atomic E-state index is 12.8. The molecule has 2 aromatic carbocycles. The second-order valence-corrected chi connectivity index (χ2v) is 7.92. The number of rotatable bonds is 9. The molecule has 2 aromatic rings. The Hall–Kier alpha value is -3.30. The Labute approximate surface area is 197 Å². The first-order valence-electron chi connectivity index (χ1n) is 10.6. The van der Waals surface area contributed by atoms with Crippen molar-refractivity contribution in [2.24, 2.45) is 10.7 Å². The molecular weight excluding hydrogens is 442 g/mol. The molecular formula is C24H27N3O5S. The number of nitrogens with two attached hydrogens (primary N) is 1. The molecule has 0 radical (unpaired) electrons. The smallest absolute Gasteiger partial charge is 0.338 e. The number of amidine groups is 1. The molecule has 1 fully saturated rings. The van der Waals surface area contributed by atoms with Crippen LogP contribution < -0.4 is 15.2 Å². The normalized spacial score (nSPS) is 15.9. The van der Waals surface area contributed by atoms with E-state index in [1.165, 1.54) is 16.7 Å². The van der Waals surface area contributed by atoms with Gasteiger partial charge in [-0.25, -0.2) is 9.79 Å². The molecule has 0 aromatic heterocycles. The van der Waals surface area contributed by atoms with Crippen LogP contribution in [0.2, 0.25) is 0 Å². The number of hydrogen-bond acceptors (Lipinski definition) is 8. The summed E-state index contributed by atoms with van der Waals surface area (Å²) in [5, 5.41) is 0.545. The third kappa shape index (κ3) is 6.15. The van der Waals surface area contributed by atoms with Gasteiger partial charge in [-0.3, -0.25) is 9.69 Å². The minimum Gasteiger partial charge on any atom is -0.490 e. The molecule has 1 amide bonds. The number of carbonyl (C=O) groups excluding carboxylic acids is 2. The number of esters is 1. The fourth-order valence-corrected chi connectivity index (χ4v) is 3.96. The van der Waals surface area contributed by atoms with Crippen LogP contribution in [0.4, 0.5) is 5.69 Å². The quantitative estimate of drug-likeness (QED) is 0.440. The van der Waals surface area contributed by atoms with Gasteiger partial charge in [0.2, 0.25) is 0 Å². The minimum absolute atomic E-state index is 0.150. The summed E-state index contributed by atoms with van der Waals surface area (Å²) in [6.45, 7) is 5.25. The number of hydrogen-bond donors (Lipinski definition) is 1. The van der Waals surface area contributed by atoms with Crippen LogP contribution in [0.5, 0.6) is 11.5 Å². The van der Waals surface area contributed by atoms with Gasteiger partial charge in [-0.2, -0.15) is 0 Å². The second-order valence-electron chi connectivity index (χ2n) is 6.91. The van der Waals surface area contributed by atoms with Gasteiger partial charge in [-0.15, -0.1) is 0 Å². The zero-order chi connectivity index (χ0) is 23.8. The van der Waals surface area contributed by atoms with Crippen molar-refractivity contribution in [1.82, 2.24) is 4.90 Å². The molecule has 9 heteroatoms. The zero-order valence-corrected chi connectivity index (χ0v) is 19.7. The Morgan fingerprint density at radius 2 is 1.85 bits per heavy atom. The van der Waals surface area contributed by atoms with Crippen molar-refractivity contribution < 1.29 is 23.8 Å². The Bertz CT molecular complexity index is 1070. The zero-order valence-electron chi connectivity index (χ0n) is 18.9. The van der Waals surface area contributed by atoms with Gasteiger partial charge in [0.15, 0.2) is 16.7 Å². The van der Waals surface area contributed by atoms with E-state index < -0.39 is 0 Å². The first-order chi connectivity index (χ1) is 16.0. The highest BCUT2D eigenvalue weighted by molar-refractivity contribution is 8.18. The van der Waals surface area contributed by atoms with E-state index in [1.807, 2.05) is 19.1 Å². The fraction of sp³-hybridized carbons (Fsp3) is 0.292. The number of amides is 1. The number of aliphatic imine (C=N–C) groups is 1. The molecule has 0 aliphatic carbocycles. The first-order valence-corrected chi connectivity index (χ1v) is 11.4. The number of benzene rings is 2. The fourth-order valence-electron chi connectivity index (χ4n) is 2.97. The Morgan fingerprint density at radius 1 is 1.09 bits per heavy atom. The molecule has 0 unspecified atom stereocenters. The minimum atomic E-state index is -0.379. The van der Waals surface area contributed by atoms with Crippen LogP contribution in [0.25, 0.3) is 6.08 Å². The van der Waals surface area contributed by atoms with Crippen LogP contribution in [-0.4, -0.2) is 55.4 Å². The molecule has 33 heavy (non-hydrogen) atoms. The molecule has 1 aliphatic rings. The van der Waals surface area contributed by atoms with Crippen LogP contribution in [-0.2, 0) is 9.53 Å². The topological polar surface area (TPSA) is 103 Å². The highest BCUT2D eigenvalue weighted by Crippen LogP contribution is 2.35. The highest BCUT2D eigenvalue weighted by atomic mass is 32.2. The third-order valence-corrected chi connectivity index (χ3v) is 5.61. The molecule has 8 nitrogen and oxygen atoms in total. The van der Waals surface area contributed by atoms with E-state index >= 15 is 0 Å². The monoisotopic (exact) mass is 469 g/mol. The lowest BCUT2D eigenvalue weighted by Gasteiger charge is -2.12. The van der Waals surface area contributed by atoms with Gasteiger partial charge in [0.05, 0.1) is 29.4 Å². The van der Waals surface area contributed by atoms with Crippen molar-refractivity contribution in [1.29, 1.82) is 0 Å². The lowest BCUT2D eigenvalue weighted by molar-refractivity contribution is -0.121. The largest absolute Gasteiger partial charge is 0.490 e. The van der Waals surface area contributed by atoms with E-state index in [-0.39, 0.29) is 11.9 Å². The standard InChI is InChI=1S/C24H27N3O5S/c1-4-30-20-14-16(6-11-19(20)32-13-12-25)15-21-22(28)27(3)24(33-21)26-18-9-7-17(8-10-18)23(29)31-5-2/h6-11,14-15H,4-5,12-13,25H2,1-3H3/b21-15-,26-24?. The number of thioether (sulfide) groups is 1. The van der Waals surface area contributed by atoms with E-state index in [0.717, 1.165) is 5.56 Å². The lowest BCUT2D eigenvalue weighted by Crippen LogP contribution is -2.23. The van der Waals surface area contributed by atoms with Gasteiger partial charge in [0, 0.05) is 13.6 Å². The summed E-state index contributed by atoms with van der Waals surface area (Å²) in [4.78, 5) is 31.2. The van der Waals surface area contributed by atoms with Gasteiger partial charge in [0.1, 0.15) is 6.61 Å². The molecule has 0 bridgehead atoms. The summed E-state index contributed by atoms with van der Waals surface area (Å²) in [5.41, 5.74) is 7.41. The Balaban J connectivity index is 1.80. The number of carbonyl (C=O) groups is 2. The van der Waals surface area contributed by atoms with Crippen molar-refractivity contribution in [3.05, 3.63) is 58.5 Å². The van der Waals surface area contributed by atoms with Crippen LogP contribution in [0.3, 0.4) is 0 Å². The molecule has 1 heterocycles. The van der Waals surface area contributed by atoms with Crippen molar-refractivity contribution in [2.45, 2.75) is 13.8 Å². The van der Waals surface area contributed by atoms with Gasteiger partial charge in [0.25, 0.3) is 5.91 Å². The maximum atomic E-state index is 12.8. The summed E-state index contributed by atoms with van der Waals surface area (Å²) < 4.78 is 16.3. The van der Waals surface area contributed by atoms with Crippen molar-refractivity contribution in [2.75, 3.05) is 33.4 Å². The molecule has 174 valence electrons. The van der Waals surface area contributed by atoms with Crippen LogP contribution in [0.1, 0.15) is 29.8 Å². The first kappa shape index (κ1) is 24.3. The van der Waals surface area contributed by atoms with Gasteiger partial charge in [-0.1, -0.05) is 6.07 Å². The van der Waals surface area contributed by atoms with E-state index in [1.54, 1.807) is 50.4 Å². The Kier molecular flexibility index (Phi) is 8.51. The summed E-state index contributed by atoms with van der Waals surface area (Å²) in [5.74, 6) is 0.679. The molecule has 1 aliphatic heterocycles. The Morgan fingerprint density at radius 3 is 2.52 bits per heavy atom. The average molecular weight is 470 g/mol. The number of likely N-dealkylation sites (N-methyl/N-ethyl adjacent to an activating group) is 1. The van der Waals surface area contributed by atoms with Gasteiger partial charge < -0.3 is 19.9 Å². The van der Waals surface area contributed by atoms with Crippen LogP contribution >= 0.6 is 11.8 Å². The summed E-state index contributed by atoms with van der Waals surface area (Å²) >= 11 is 1.28. The summed E-state index contributed by atoms with van der Waals surface area (Å²) in [6, 6.07) is 12.2. The second kappa shape index (κ2) is 11.5. The molecule has 2 N–H and O–H groups in total. The van der Waals surface area contributed by atoms with Crippen molar-refractivity contribution >= 4 is 40.6 Å². The molecule has 0 atom stereocenters. The summed E-state index contributed by atoms with van der Waals surface area (Å²) in [6.07, 6.45) is 1.80. The number of nitrogens with zero attached hydrogens (tertiary/aromatic N) is 2. The van der Waals surface area contributed by atoms with Crippen molar-refractivity contribution in [3.8, 4) is 11.5 Å². The van der Waals surface area contributed by atoms with E-state index in [4.69, 9.17) is 19.9 Å². The van der Waals surface area contributed by atoms with E-state index in [2.05, 4.69) is 4.99 Å². The average Bonchev–Trinajstić information content (AvgIpc) is 3.07. The predicted octanol–water partition coefficient (Wildman–Crippen LogP) is 3.83. The van der Waals surface area contributed by atoms with Gasteiger partial charge >= 0.3 is 5.97 Å². The maximum Gasteiger partial charge on any atom is 0.338 e. The molecule has 1 saturated heterocycles. The SMILES string of the molecule is CCOC(=O)c1ccc(N=C2S/C(=C\c3ccc(OCCN)c(OCC)c3)C(=O)N2C)cc1. The summed E-state index contributed by atoms with van der Waals surface area (Å²) in [7, 11) is 1.68. The molecule has 0 saturated carbocycles. The van der Waals surface area contributed by atoms with Crippen LogP contribution in [0, 0.1) is 0 Å². The van der Waals surface area contributed by atoms with E-state index in [9.17, 15) is 9.59 Å². The number of ether oxygens (including phenoxy) is 3.